The molecule has 8 amide bonds. The Bertz CT molecular complexity index is 1690. The maximum atomic E-state index is 12.8. The van der Waals surface area contributed by atoms with Crippen molar-refractivity contribution in [2.75, 3.05) is 26.2 Å². The zero-order valence-corrected chi connectivity index (χ0v) is 31.2. The lowest BCUT2D eigenvalue weighted by atomic mass is 10.1. The number of nitrogens with one attached hydrogen (secondary N) is 8. The lowest BCUT2D eigenvalue weighted by Crippen LogP contribution is -2.58. The van der Waals surface area contributed by atoms with Crippen molar-refractivity contribution in [3.05, 3.63) is 29.8 Å². The van der Waals surface area contributed by atoms with Crippen molar-refractivity contribution in [2.24, 2.45) is 5.73 Å². The molecule has 0 aliphatic carbocycles. The summed E-state index contributed by atoms with van der Waals surface area (Å²) in [5.41, 5.74) is 6.53. The van der Waals surface area contributed by atoms with Crippen LogP contribution in [0.4, 0.5) is 0 Å². The Kier molecular flexibility index (Phi) is 20.8. The van der Waals surface area contributed by atoms with Crippen LogP contribution in [0.5, 0.6) is 5.75 Å². The van der Waals surface area contributed by atoms with Crippen LogP contribution in [0.3, 0.4) is 0 Å². The van der Waals surface area contributed by atoms with E-state index in [1.165, 1.54) is 19.1 Å². The highest BCUT2D eigenvalue weighted by Gasteiger charge is 2.29. The normalized spacial score (nSPS) is 13.7. The Morgan fingerprint density at radius 2 is 1.10 bits per heavy atom. The fourth-order valence-corrected chi connectivity index (χ4v) is 4.49. The molecular weight excluding hydrogens is 778 g/mol. The second-order valence-corrected chi connectivity index (χ2v) is 12.5. The van der Waals surface area contributed by atoms with Gasteiger partial charge in [0.15, 0.2) is 0 Å². The van der Waals surface area contributed by atoms with Gasteiger partial charge in [0.05, 0.1) is 38.7 Å². The van der Waals surface area contributed by atoms with Gasteiger partial charge in [0.25, 0.3) is 0 Å². The highest BCUT2D eigenvalue weighted by Crippen LogP contribution is 2.11. The number of phenolic OH excluding ortho intramolecular Hbond substituents is 1. The van der Waals surface area contributed by atoms with Crippen LogP contribution in [0, 0.1) is 0 Å². The summed E-state index contributed by atoms with van der Waals surface area (Å²) < 4.78 is 0. The minimum absolute atomic E-state index is 0.0271. The molecule has 1 aromatic rings. The standard InChI is InChI=1S/C33H47N9O16/c1-15(38-30(54)19(34)9-17-3-5-18(44)6-4-17)28(52)36-11-23(45)35-12-24(46)41-21(10-27(50)51)32(56)39-16(2)29(53)42-22(14-43)31(55)37-13-25(47)40-20(33(57)58)7-8-26(48)49/h3-6,15-16,19-22,43-44H,7-14,34H2,1-2H3,(H,35,45)(H,36,52)(H,37,55)(H,38,54)(H,39,56)(H,40,47)(H,41,46)(H,42,53)(H,48,49)(H,50,51)(H,57,58)/t15-,16-,19-,20-,21-,22-/m0/s1. The van der Waals surface area contributed by atoms with Crippen LogP contribution >= 0.6 is 0 Å². The third kappa shape index (κ3) is 19.1. The van der Waals surface area contributed by atoms with Crippen molar-refractivity contribution in [1.29, 1.82) is 0 Å². The molecule has 0 aromatic heterocycles. The SMILES string of the molecule is C[C@H](NC(=O)[C@H](CC(=O)O)NC(=O)CNC(=O)CNC(=O)[C@H](C)NC(=O)[C@@H](N)Cc1ccc(O)cc1)C(=O)N[C@@H](CO)C(=O)NCC(=O)N[C@@H](CCC(=O)O)C(=O)O. The van der Waals surface area contributed by atoms with E-state index in [2.05, 4.69) is 31.9 Å². The largest absolute Gasteiger partial charge is 0.508 e. The molecule has 0 spiro atoms. The first kappa shape index (κ1) is 49.1. The first-order valence-corrected chi connectivity index (χ1v) is 17.3. The molecular formula is C33H47N9O16. The van der Waals surface area contributed by atoms with Gasteiger partial charge in [-0.05, 0) is 44.4 Å². The number of nitrogens with two attached hydrogens (primary N) is 1. The highest BCUT2D eigenvalue weighted by atomic mass is 16.4. The number of aliphatic hydroxyl groups excluding tert-OH is 1. The van der Waals surface area contributed by atoms with E-state index in [9.17, 15) is 68.1 Å². The van der Waals surface area contributed by atoms with Crippen LogP contribution in [0.1, 0.15) is 38.7 Å². The van der Waals surface area contributed by atoms with Gasteiger partial charge in [-0.2, -0.15) is 0 Å². The molecule has 1 rings (SSSR count). The predicted molar refractivity (Wildman–Crippen MR) is 194 cm³/mol. The van der Waals surface area contributed by atoms with E-state index in [-0.39, 0.29) is 12.2 Å². The molecule has 58 heavy (non-hydrogen) atoms. The Morgan fingerprint density at radius 3 is 1.66 bits per heavy atom. The number of aliphatic carboxylic acids is 3. The number of hydrogen-bond donors (Lipinski definition) is 14. The molecule has 0 bridgehead atoms. The summed E-state index contributed by atoms with van der Waals surface area (Å²) in [6, 6.07) is -2.78. The van der Waals surface area contributed by atoms with Gasteiger partial charge >= 0.3 is 17.9 Å². The lowest BCUT2D eigenvalue weighted by Gasteiger charge is -2.22. The van der Waals surface area contributed by atoms with Crippen LogP contribution in [0.2, 0.25) is 0 Å². The molecule has 0 saturated heterocycles. The molecule has 0 aliphatic rings. The number of amides is 8. The molecule has 25 heteroatoms. The van der Waals surface area contributed by atoms with E-state index in [1.54, 1.807) is 12.1 Å². The molecule has 0 heterocycles. The van der Waals surface area contributed by atoms with E-state index in [0.29, 0.717) is 5.56 Å². The summed E-state index contributed by atoms with van der Waals surface area (Å²) in [5, 5.41) is 63.1. The third-order valence-electron chi connectivity index (χ3n) is 7.65. The number of aliphatic hydroxyl groups is 1. The van der Waals surface area contributed by atoms with Gasteiger partial charge in [0.2, 0.25) is 47.3 Å². The van der Waals surface area contributed by atoms with Crippen LogP contribution < -0.4 is 48.3 Å². The second kappa shape index (κ2) is 24.6. The summed E-state index contributed by atoms with van der Waals surface area (Å²) in [6.07, 6.45) is -1.91. The summed E-state index contributed by atoms with van der Waals surface area (Å²) in [4.78, 5) is 133. The first-order chi connectivity index (χ1) is 27.1. The Morgan fingerprint density at radius 1 is 0.586 bits per heavy atom. The number of benzene rings is 1. The Hall–Kier alpha value is -6.89. The molecule has 320 valence electrons. The van der Waals surface area contributed by atoms with E-state index >= 15 is 0 Å². The highest BCUT2D eigenvalue weighted by molar-refractivity contribution is 5.97. The number of carbonyl (C=O) groups excluding carboxylic acids is 8. The molecule has 0 radical (unpaired) electrons. The van der Waals surface area contributed by atoms with Crippen LogP contribution in [0.25, 0.3) is 0 Å². The number of phenols is 1. The molecule has 0 unspecified atom stereocenters. The molecule has 25 nitrogen and oxygen atoms in total. The minimum atomic E-state index is -1.79. The first-order valence-electron chi connectivity index (χ1n) is 17.3. The van der Waals surface area contributed by atoms with E-state index in [0.717, 1.165) is 6.92 Å². The molecule has 0 aliphatic heterocycles. The predicted octanol–water partition coefficient (Wildman–Crippen LogP) is -6.51. The van der Waals surface area contributed by atoms with Gasteiger partial charge in [-0.15, -0.1) is 0 Å². The fraction of sp³-hybridized carbons (Fsp3) is 0.485. The number of carboxylic acids is 3. The minimum Gasteiger partial charge on any atom is -0.508 e. The average molecular weight is 826 g/mol. The summed E-state index contributed by atoms with van der Waals surface area (Å²) in [6.45, 7) is -0.875. The van der Waals surface area contributed by atoms with E-state index in [4.69, 9.17) is 15.9 Å². The number of aromatic hydroxyl groups is 1. The van der Waals surface area contributed by atoms with Crippen molar-refractivity contribution >= 4 is 65.2 Å². The van der Waals surface area contributed by atoms with Crippen LogP contribution in [-0.4, -0.2) is 153 Å². The molecule has 6 atom stereocenters. The van der Waals surface area contributed by atoms with Gasteiger partial charge in [-0.3, -0.25) is 47.9 Å². The van der Waals surface area contributed by atoms with Crippen molar-refractivity contribution in [1.82, 2.24) is 42.5 Å². The molecule has 1 aromatic carbocycles. The van der Waals surface area contributed by atoms with Crippen LogP contribution in [-0.2, 0) is 59.2 Å². The smallest absolute Gasteiger partial charge is 0.326 e. The zero-order valence-electron chi connectivity index (χ0n) is 31.2. The summed E-state index contributed by atoms with van der Waals surface area (Å²) >= 11 is 0. The number of carboxylic acid groups (broad SMARTS) is 3. The lowest BCUT2D eigenvalue weighted by molar-refractivity contribution is -0.143. The molecule has 0 fully saturated rings. The Labute approximate surface area is 329 Å². The van der Waals surface area contributed by atoms with Gasteiger partial charge < -0.3 is 73.8 Å². The topological polar surface area (TPSA) is 411 Å². The van der Waals surface area contributed by atoms with Crippen molar-refractivity contribution in [3.63, 3.8) is 0 Å². The average Bonchev–Trinajstić information content (AvgIpc) is 3.15. The monoisotopic (exact) mass is 825 g/mol. The third-order valence-corrected chi connectivity index (χ3v) is 7.65. The van der Waals surface area contributed by atoms with Crippen molar-refractivity contribution in [3.8, 4) is 5.75 Å². The van der Waals surface area contributed by atoms with Crippen molar-refractivity contribution < 1.29 is 78.3 Å². The van der Waals surface area contributed by atoms with Gasteiger partial charge in [0.1, 0.15) is 36.0 Å². The zero-order chi connectivity index (χ0) is 44.1. The summed E-state index contributed by atoms with van der Waals surface area (Å²) in [5.74, 6) is -12.2. The fourth-order valence-electron chi connectivity index (χ4n) is 4.49. The number of hydrogen-bond acceptors (Lipinski definition) is 14. The molecule has 0 saturated carbocycles. The van der Waals surface area contributed by atoms with E-state index < -0.39 is 147 Å². The van der Waals surface area contributed by atoms with Gasteiger partial charge in [-0.1, -0.05) is 12.1 Å². The van der Waals surface area contributed by atoms with Gasteiger partial charge in [-0.25, -0.2) is 4.79 Å². The molecule has 15 N–H and O–H groups in total. The van der Waals surface area contributed by atoms with Gasteiger partial charge in [0, 0.05) is 6.42 Å². The van der Waals surface area contributed by atoms with E-state index in [1.807, 2.05) is 10.6 Å². The Balaban J connectivity index is 2.60. The quantitative estimate of drug-likeness (QED) is 0.0436. The summed E-state index contributed by atoms with van der Waals surface area (Å²) in [7, 11) is 0. The maximum Gasteiger partial charge on any atom is 0.326 e. The maximum absolute atomic E-state index is 12.8. The van der Waals surface area contributed by atoms with Crippen LogP contribution in [0.15, 0.2) is 24.3 Å². The second-order valence-electron chi connectivity index (χ2n) is 12.5. The number of carbonyl (C=O) groups is 11. The number of rotatable bonds is 25. The van der Waals surface area contributed by atoms with Crippen molar-refractivity contribution in [2.45, 2.75) is 75.8 Å².